The summed E-state index contributed by atoms with van der Waals surface area (Å²) in [6.07, 6.45) is 5.11. The third-order valence-electron chi connectivity index (χ3n) is 4.16. The molecule has 2 heterocycles. The van der Waals surface area contributed by atoms with Crippen molar-refractivity contribution in [2.24, 2.45) is 0 Å². The normalized spacial score (nSPS) is 16.6. The van der Waals surface area contributed by atoms with Crippen molar-refractivity contribution >= 4 is 21.8 Å². The van der Waals surface area contributed by atoms with Crippen LogP contribution in [-0.2, 0) is 21.4 Å². The summed E-state index contributed by atoms with van der Waals surface area (Å²) in [6, 6.07) is 5.67. The summed E-state index contributed by atoms with van der Waals surface area (Å²) in [5.74, 6) is -0.705. The predicted molar refractivity (Wildman–Crippen MR) is 97.4 cm³/mol. The molecular weight excluding hydrogens is 370 g/mol. The van der Waals surface area contributed by atoms with Gasteiger partial charge in [-0.3, -0.25) is 9.59 Å². The number of amides is 2. The Morgan fingerprint density at radius 3 is 2.93 bits per heavy atom. The molecule has 1 saturated heterocycles. The van der Waals surface area contributed by atoms with Crippen molar-refractivity contribution in [1.29, 1.82) is 0 Å². The largest absolute Gasteiger partial charge is 0.354 e. The Bertz CT molecular complexity index is 927. The zero-order valence-electron chi connectivity index (χ0n) is 14.8. The average molecular weight is 391 g/mol. The second kappa shape index (κ2) is 7.89. The zero-order valence-corrected chi connectivity index (χ0v) is 15.6. The summed E-state index contributed by atoms with van der Waals surface area (Å²) in [5.41, 5.74) is 0.245. The minimum Gasteiger partial charge on any atom is -0.354 e. The van der Waals surface area contributed by atoms with Gasteiger partial charge in [-0.1, -0.05) is 6.07 Å². The van der Waals surface area contributed by atoms with Gasteiger partial charge in [0, 0.05) is 43.6 Å². The second-order valence-corrected chi connectivity index (χ2v) is 8.29. The van der Waals surface area contributed by atoms with Gasteiger partial charge in [0.2, 0.25) is 15.9 Å². The Morgan fingerprint density at radius 1 is 1.41 bits per heavy atom. The number of carbonyl (C=O) groups excluding carboxylic acids is 2. The molecule has 9 nitrogen and oxygen atoms in total. The highest BCUT2D eigenvalue weighted by Gasteiger charge is 2.29. The summed E-state index contributed by atoms with van der Waals surface area (Å²) in [7, 11) is -3.84. The second-order valence-electron chi connectivity index (χ2n) is 6.35. The van der Waals surface area contributed by atoms with Crippen molar-refractivity contribution in [2.45, 2.75) is 24.4 Å². The van der Waals surface area contributed by atoms with Crippen LogP contribution in [0.2, 0.25) is 0 Å². The first-order valence-corrected chi connectivity index (χ1v) is 9.94. The topological polar surface area (TPSA) is 113 Å². The number of nitrogens with one attached hydrogen (secondary N) is 2. The zero-order chi connectivity index (χ0) is 19.4. The molecule has 0 unspecified atom stereocenters. The van der Waals surface area contributed by atoms with Crippen LogP contribution < -0.4 is 10.6 Å². The SMILES string of the molecule is C[C@@H](Cn1ccnc1)NC(=O)c1cccc(S(=O)(=O)N2CCNC(=O)C2)c1. The number of rotatable bonds is 6. The lowest BCUT2D eigenvalue weighted by molar-refractivity contribution is -0.122. The number of hydrogen-bond acceptors (Lipinski definition) is 5. The van der Waals surface area contributed by atoms with E-state index < -0.39 is 10.0 Å². The van der Waals surface area contributed by atoms with Gasteiger partial charge in [0.15, 0.2) is 0 Å². The van der Waals surface area contributed by atoms with Gasteiger partial charge in [0.05, 0.1) is 17.8 Å². The standard InChI is InChI=1S/C17H21N5O4S/c1-13(10-21-7-5-18-12-21)20-17(24)14-3-2-4-15(9-14)27(25,26)22-8-6-19-16(23)11-22/h2-5,7,9,12-13H,6,8,10-11H2,1H3,(H,19,23)(H,20,24)/t13-/m0/s1. The summed E-state index contributed by atoms with van der Waals surface area (Å²) < 4.78 is 28.4. The van der Waals surface area contributed by atoms with E-state index >= 15 is 0 Å². The highest BCUT2D eigenvalue weighted by molar-refractivity contribution is 7.89. The third-order valence-corrected chi connectivity index (χ3v) is 6.00. The third kappa shape index (κ3) is 4.52. The van der Waals surface area contributed by atoms with Gasteiger partial charge in [-0.2, -0.15) is 4.31 Å². The molecule has 0 radical (unpaired) electrons. The smallest absolute Gasteiger partial charge is 0.251 e. The highest BCUT2D eigenvalue weighted by atomic mass is 32.2. The lowest BCUT2D eigenvalue weighted by Gasteiger charge is -2.26. The molecule has 2 amide bonds. The fourth-order valence-corrected chi connectivity index (χ4v) is 4.27. The number of imidazole rings is 1. The van der Waals surface area contributed by atoms with Gasteiger partial charge < -0.3 is 15.2 Å². The van der Waals surface area contributed by atoms with E-state index in [-0.39, 0.29) is 47.9 Å². The minimum absolute atomic E-state index is 0.00730. The predicted octanol–water partition coefficient (Wildman–Crippen LogP) is -0.178. The van der Waals surface area contributed by atoms with E-state index in [1.165, 1.54) is 18.2 Å². The Balaban J connectivity index is 1.72. The molecule has 1 aromatic heterocycles. The van der Waals surface area contributed by atoms with Gasteiger partial charge >= 0.3 is 0 Å². The van der Waals surface area contributed by atoms with Crippen LogP contribution in [0.1, 0.15) is 17.3 Å². The molecule has 1 fully saturated rings. The van der Waals surface area contributed by atoms with Crippen molar-refractivity contribution in [2.75, 3.05) is 19.6 Å². The van der Waals surface area contributed by atoms with Crippen LogP contribution in [-0.4, -0.2) is 59.8 Å². The maximum atomic E-state index is 12.7. The van der Waals surface area contributed by atoms with Crippen LogP contribution in [0.4, 0.5) is 0 Å². The number of hydrogen-bond donors (Lipinski definition) is 2. The van der Waals surface area contributed by atoms with Gasteiger partial charge in [-0.15, -0.1) is 0 Å². The number of piperazine rings is 1. The number of benzene rings is 1. The molecule has 2 aromatic rings. The molecule has 1 aromatic carbocycles. The van der Waals surface area contributed by atoms with E-state index in [9.17, 15) is 18.0 Å². The average Bonchev–Trinajstić information content (AvgIpc) is 3.14. The summed E-state index contributed by atoms with van der Waals surface area (Å²) in [5, 5.41) is 5.43. The van der Waals surface area contributed by atoms with E-state index in [2.05, 4.69) is 15.6 Å². The molecular formula is C17H21N5O4S. The van der Waals surface area contributed by atoms with Crippen LogP contribution in [0.5, 0.6) is 0 Å². The van der Waals surface area contributed by atoms with Crippen LogP contribution >= 0.6 is 0 Å². The van der Waals surface area contributed by atoms with Gasteiger partial charge in [0.1, 0.15) is 0 Å². The van der Waals surface area contributed by atoms with Crippen LogP contribution in [0.15, 0.2) is 47.9 Å². The van der Waals surface area contributed by atoms with E-state index in [1.807, 2.05) is 11.5 Å². The van der Waals surface area contributed by atoms with E-state index in [1.54, 1.807) is 24.8 Å². The van der Waals surface area contributed by atoms with E-state index in [0.717, 1.165) is 4.31 Å². The summed E-state index contributed by atoms with van der Waals surface area (Å²) in [4.78, 5) is 27.9. The first-order valence-electron chi connectivity index (χ1n) is 8.50. The van der Waals surface area contributed by atoms with Crippen LogP contribution in [0, 0.1) is 0 Å². The fraction of sp³-hybridized carbons (Fsp3) is 0.353. The Labute approximate surface area is 157 Å². The molecule has 0 spiro atoms. The van der Waals surface area contributed by atoms with Gasteiger partial charge in [-0.05, 0) is 25.1 Å². The molecule has 10 heteroatoms. The minimum atomic E-state index is -3.84. The van der Waals surface area contributed by atoms with Crippen molar-refractivity contribution in [1.82, 2.24) is 24.5 Å². The number of aromatic nitrogens is 2. The summed E-state index contributed by atoms with van der Waals surface area (Å²) >= 11 is 0. The first-order chi connectivity index (χ1) is 12.9. The quantitative estimate of drug-likeness (QED) is 0.709. The Kier molecular flexibility index (Phi) is 5.57. The number of nitrogens with zero attached hydrogens (tertiary/aromatic N) is 3. The molecule has 1 aliphatic heterocycles. The molecule has 0 bridgehead atoms. The van der Waals surface area contributed by atoms with E-state index in [4.69, 9.17) is 0 Å². The molecule has 0 saturated carbocycles. The lowest BCUT2D eigenvalue weighted by Crippen LogP contribution is -2.49. The molecule has 3 rings (SSSR count). The van der Waals surface area contributed by atoms with Crippen molar-refractivity contribution in [3.05, 3.63) is 48.5 Å². The Morgan fingerprint density at radius 2 is 2.22 bits per heavy atom. The van der Waals surface area contributed by atoms with Gasteiger partial charge in [-0.25, -0.2) is 13.4 Å². The molecule has 0 aliphatic carbocycles. The maximum Gasteiger partial charge on any atom is 0.251 e. The molecule has 1 atom stereocenters. The maximum absolute atomic E-state index is 12.7. The van der Waals surface area contributed by atoms with E-state index in [0.29, 0.717) is 6.54 Å². The highest BCUT2D eigenvalue weighted by Crippen LogP contribution is 2.18. The van der Waals surface area contributed by atoms with Crippen molar-refractivity contribution in [3.8, 4) is 0 Å². The van der Waals surface area contributed by atoms with Gasteiger partial charge in [0.25, 0.3) is 5.91 Å². The molecule has 2 N–H and O–H groups in total. The molecule has 1 aliphatic rings. The van der Waals surface area contributed by atoms with Crippen molar-refractivity contribution < 1.29 is 18.0 Å². The number of carbonyl (C=O) groups is 2. The molecule has 27 heavy (non-hydrogen) atoms. The number of sulfonamides is 1. The molecule has 144 valence electrons. The lowest BCUT2D eigenvalue weighted by atomic mass is 10.2. The van der Waals surface area contributed by atoms with Crippen LogP contribution in [0.25, 0.3) is 0 Å². The van der Waals surface area contributed by atoms with Crippen LogP contribution in [0.3, 0.4) is 0 Å². The summed E-state index contributed by atoms with van der Waals surface area (Å²) in [6.45, 7) is 2.65. The first kappa shape index (κ1) is 19.1. The monoisotopic (exact) mass is 391 g/mol. The fourth-order valence-electron chi connectivity index (χ4n) is 2.83. The van der Waals surface area contributed by atoms with Crippen molar-refractivity contribution in [3.63, 3.8) is 0 Å². The Hall–Kier alpha value is -2.72.